The number of esters is 1. The van der Waals surface area contributed by atoms with E-state index in [0.717, 1.165) is 24.5 Å². The number of phosphoric ester groups is 1. The fraction of sp³-hybridized carbons (Fsp3) is 0.375. The van der Waals surface area contributed by atoms with Crippen LogP contribution in [0.5, 0.6) is 11.5 Å². The lowest BCUT2D eigenvalue weighted by atomic mass is 10.0. The molecule has 0 spiro atoms. The molecule has 1 amide bonds. The number of phosphoric acid groups is 1. The second-order valence-electron chi connectivity index (χ2n) is 21.4. The van der Waals surface area contributed by atoms with Crippen LogP contribution < -0.4 is 24.7 Å². The molecule has 2 saturated heterocycles. The summed E-state index contributed by atoms with van der Waals surface area (Å²) in [6.45, 7) is 9.17. The standard InChI is InChI=1S/C56H60F2N3O12PSi/c1-54(2,3)75-73-55(4,5)47-29-60(53(64)71-47)40-23-24-46(44(57)25-40)68-35-56(72-74(65,69-31-37-17-11-7-12-18-37)70-32-38-19-13-8-14-20-38)27-41-33-66-51-48-42(26-45(58)49(51)61(41)34-56)50(62)43(28-59(48)39-21-22-39)52(63)67-30-36-15-9-6-10-16-36/h6-20,23-26,28,39,41,47H,21-22,27,29-35,75H2,1-5H3/t41-,47+,56-/m0/s1. The van der Waals surface area contributed by atoms with Gasteiger partial charge in [-0.1, -0.05) is 112 Å². The van der Waals surface area contributed by atoms with Gasteiger partial charge in [0.15, 0.2) is 32.9 Å². The largest absolute Gasteiger partial charge is 0.487 e. The van der Waals surface area contributed by atoms with Crippen LogP contribution in [0.1, 0.15) is 87.0 Å². The quantitative estimate of drug-likeness (QED) is 0.0430. The zero-order valence-corrected chi connectivity index (χ0v) is 44.8. The van der Waals surface area contributed by atoms with Gasteiger partial charge < -0.3 is 32.8 Å². The molecule has 394 valence electrons. The molecule has 1 aliphatic carbocycles. The zero-order valence-electron chi connectivity index (χ0n) is 42.5. The van der Waals surface area contributed by atoms with E-state index in [4.69, 9.17) is 36.9 Å². The number of rotatable bonds is 19. The Morgan fingerprint density at radius 2 is 1.44 bits per heavy atom. The van der Waals surface area contributed by atoms with Gasteiger partial charge in [0.25, 0.3) is 0 Å². The molecule has 75 heavy (non-hydrogen) atoms. The molecule has 1 aromatic heterocycles. The van der Waals surface area contributed by atoms with Gasteiger partial charge in [-0.2, -0.15) is 0 Å². The number of amides is 1. The highest BCUT2D eigenvalue weighted by Crippen LogP contribution is 2.58. The smallest absolute Gasteiger partial charge is 0.476 e. The maximum absolute atomic E-state index is 17.1. The number of carbonyl (C=O) groups is 2. The van der Waals surface area contributed by atoms with Crippen molar-refractivity contribution in [2.75, 3.05) is 36.1 Å². The van der Waals surface area contributed by atoms with Gasteiger partial charge in [0.2, 0.25) is 5.43 Å². The summed E-state index contributed by atoms with van der Waals surface area (Å²) in [5.41, 5.74) is -0.696. The second kappa shape index (κ2) is 21.0. The Bertz CT molecular complexity index is 3150. The van der Waals surface area contributed by atoms with Crippen LogP contribution in [0.15, 0.2) is 126 Å². The van der Waals surface area contributed by atoms with Crippen molar-refractivity contribution in [2.24, 2.45) is 0 Å². The maximum atomic E-state index is 17.1. The van der Waals surface area contributed by atoms with Gasteiger partial charge in [0.05, 0.1) is 54.5 Å². The fourth-order valence-corrected chi connectivity index (χ4v) is 12.0. The number of carbonyl (C=O) groups excluding carboxylic acids is 2. The number of halogens is 2. The number of cyclic esters (lactones) is 1. The lowest BCUT2D eigenvalue weighted by Gasteiger charge is -2.35. The van der Waals surface area contributed by atoms with E-state index in [-0.39, 0.29) is 90.8 Å². The lowest BCUT2D eigenvalue weighted by molar-refractivity contribution is -0.0139. The highest BCUT2D eigenvalue weighted by atomic mass is 31.2. The number of nitrogens with zero attached hydrogens (tertiary/aromatic N) is 3. The molecule has 4 aliphatic rings. The molecule has 0 radical (unpaired) electrons. The lowest BCUT2D eigenvalue weighted by Crippen LogP contribution is -2.44. The van der Waals surface area contributed by atoms with E-state index in [1.54, 1.807) is 51.9 Å². The predicted molar refractivity (Wildman–Crippen MR) is 280 cm³/mol. The van der Waals surface area contributed by atoms with Crippen molar-refractivity contribution in [3.8, 4) is 11.5 Å². The summed E-state index contributed by atoms with van der Waals surface area (Å²) >= 11 is 0. The number of anilines is 2. The van der Waals surface area contributed by atoms with Gasteiger partial charge in [-0.3, -0.25) is 23.3 Å². The number of fused-ring (bicyclic) bond motifs is 5. The molecule has 10 rings (SSSR count). The van der Waals surface area contributed by atoms with Gasteiger partial charge in [-0.15, -0.1) is 0 Å². The van der Waals surface area contributed by atoms with E-state index >= 15 is 13.3 Å². The molecule has 3 atom stereocenters. The summed E-state index contributed by atoms with van der Waals surface area (Å²) in [6, 6.07) is 31.7. The molecule has 3 aliphatic heterocycles. The maximum Gasteiger partial charge on any atom is 0.476 e. The Morgan fingerprint density at radius 1 is 0.813 bits per heavy atom. The number of hydrogen-bond acceptors (Lipinski definition) is 13. The Morgan fingerprint density at radius 3 is 2.04 bits per heavy atom. The molecule has 5 aromatic carbocycles. The van der Waals surface area contributed by atoms with Gasteiger partial charge in [-0.05, 0) is 66.6 Å². The summed E-state index contributed by atoms with van der Waals surface area (Å²) in [5.74, 6) is -2.57. The van der Waals surface area contributed by atoms with Gasteiger partial charge in [-0.25, -0.2) is 22.9 Å². The van der Waals surface area contributed by atoms with Crippen LogP contribution in [0, 0.1) is 11.6 Å². The Kier molecular flexibility index (Phi) is 14.5. The van der Waals surface area contributed by atoms with Gasteiger partial charge in [0.1, 0.15) is 42.8 Å². The molecule has 0 unspecified atom stereocenters. The van der Waals surface area contributed by atoms with Crippen LogP contribution in [-0.2, 0) is 51.9 Å². The highest BCUT2D eigenvalue weighted by Gasteiger charge is 2.54. The van der Waals surface area contributed by atoms with Gasteiger partial charge in [0, 0.05) is 24.7 Å². The van der Waals surface area contributed by atoms with Crippen LogP contribution in [0.3, 0.4) is 0 Å². The van der Waals surface area contributed by atoms with Crippen molar-refractivity contribution in [3.63, 3.8) is 0 Å². The summed E-state index contributed by atoms with van der Waals surface area (Å²) in [4.78, 5) is 44.0. The van der Waals surface area contributed by atoms with E-state index < -0.39 is 76.7 Å². The predicted octanol–water partition coefficient (Wildman–Crippen LogP) is 10.7. The molecule has 6 aromatic rings. The molecule has 19 heteroatoms. The minimum absolute atomic E-state index is 0.00949. The monoisotopic (exact) mass is 1060 g/mol. The molecule has 0 N–H and O–H groups in total. The normalized spacial score (nSPS) is 19.8. The van der Waals surface area contributed by atoms with E-state index in [1.165, 1.54) is 23.2 Å². The third kappa shape index (κ3) is 11.6. The topological polar surface area (TPSA) is 154 Å². The number of aromatic nitrogens is 1. The number of benzene rings is 5. The van der Waals surface area contributed by atoms with Crippen LogP contribution in [0.4, 0.5) is 25.0 Å². The highest BCUT2D eigenvalue weighted by molar-refractivity contribution is 7.48. The van der Waals surface area contributed by atoms with E-state index in [9.17, 15) is 14.4 Å². The third-order valence-corrected chi connectivity index (χ3v) is 17.0. The van der Waals surface area contributed by atoms with E-state index in [2.05, 4.69) is 20.8 Å². The minimum Gasteiger partial charge on any atom is -0.487 e. The number of hydrogen-bond donors (Lipinski definition) is 0. The average molecular weight is 1060 g/mol. The van der Waals surface area contributed by atoms with Crippen molar-refractivity contribution in [1.82, 2.24) is 4.57 Å². The van der Waals surface area contributed by atoms with Crippen molar-refractivity contribution in [2.45, 2.75) is 108 Å². The van der Waals surface area contributed by atoms with Crippen LogP contribution in [0.2, 0.25) is 5.04 Å². The summed E-state index contributed by atoms with van der Waals surface area (Å²) in [6.07, 6.45) is 1.72. The van der Waals surface area contributed by atoms with Crippen molar-refractivity contribution in [1.29, 1.82) is 0 Å². The van der Waals surface area contributed by atoms with E-state index in [1.807, 2.05) is 68.4 Å². The first-order chi connectivity index (χ1) is 35.9. The molecule has 1 saturated carbocycles. The van der Waals surface area contributed by atoms with E-state index in [0.29, 0.717) is 16.6 Å². The van der Waals surface area contributed by atoms with Crippen molar-refractivity contribution < 1.29 is 59.9 Å². The Labute approximate surface area is 436 Å². The summed E-state index contributed by atoms with van der Waals surface area (Å²) < 4.78 is 99.8. The Balaban J connectivity index is 0.972. The van der Waals surface area contributed by atoms with Crippen LogP contribution >= 0.6 is 7.82 Å². The molecular weight excluding hydrogens is 1000 g/mol. The van der Waals surface area contributed by atoms with Crippen LogP contribution in [0.25, 0.3) is 10.9 Å². The number of ether oxygens (including phenoxy) is 4. The number of pyridine rings is 1. The fourth-order valence-electron chi connectivity index (χ4n) is 9.56. The first kappa shape index (κ1) is 52.1. The van der Waals surface area contributed by atoms with Crippen molar-refractivity contribution >= 4 is 51.9 Å². The van der Waals surface area contributed by atoms with Gasteiger partial charge >= 0.3 is 19.9 Å². The SMILES string of the molecule is CC(C)(C)[SiH2]OC(C)(C)[C@H]1CN(c2ccc(OC[C@]3(OP(=O)(OCc4ccccc4)OCc4ccccc4)C[C@H]4COc5c(c(F)cc6c(=O)c(C(=O)OCc7ccccc7)cn(C7CC7)c56)N4C3)c(F)c2)C(=O)O1. The molecule has 0 bridgehead atoms. The molecular formula is C56H60F2N3O12PSi. The summed E-state index contributed by atoms with van der Waals surface area (Å²) in [7, 11) is -5.59. The molecule has 3 fully saturated rings. The molecule has 15 nitrogen and oxygen atoms in total. The molecule has 4 heterocycles. The third-order valence-electron chi connectivity index (χ3n) is 13.7. The van der Waals surface area contributed by atoms with Crippen molar-refractivity contribution in [3.05, 3.63) is 166 Å². The minimum atomic E-state index is -4.60. The second-order valence-corrected chi connectivity index (χ2v) is 25.7. The average Bonchev–Trinajstić information content (AvgIpc) is 4.08. The zero-order chi connectivity index (χ0) is 52.7. The summed E-state index contributed by atoms with van der Waals surface area (Å²) in [5, 5.41) is -0.0456. The first-order valence-electron chi connectivity index (χ1n) is 25.1. The van der Waals surface area contributed by atoms with Crippen LogP contribution in [-0.4, -0.2) is 76.0 Å². The Hall–Kier alpha value is -6.40. The first-order valence-corrected chi connectivity index (χ1v) is 27.9.